The first-order valence-electron chi connectivity index (χ1n) is 6.35. The maximum Gasteiger partial charge on any atom is 0.0461 e. The number of nitrogen functional groups attached to an aromatic ring is 1. The monoisotopic (exact) mass is 296 g/mol. The van der Waals surface area contributed by atoms with Crippen molar-refractivity contribution in [1.29, 1.82) is 0 Å². The van der Waals surface area contributed by atoms with Gasteiger partial charge in [0.2, 0.25) is 0 Å². The fourth-order valence-corrected chi connectivity index (χ4v) is 2.42. The molecule has 0 amide bonds. The lowest BCUT2D eigenvalue weighted by atomic mass is 10.1. The lowest BCUT2D eigenvalue weighted by Crippen LogP contribution is -2.32. The number of anilines is 1. The van der Waals surface area contributed by atoms with Crippen molar-refractivity contribution in [1.82, 2.24) is 4.90 Å². The van der Waals surface area contributed by atoms with E-state index in [9.17, 15) is 0 Å². The Hall–Kier alpha value is -0.540. The molecule has 1 aliphatic rings. The van der Waals surface area contributed by atoms with Crippen molar-refractivity contribution >= 4 is 21.6 Å². The standard InChI is InChI=1S/C14H21BrN2/c1-10(2)17(8-11-6-7-11)9-12-4-3-5-13(16)14(12)15/h3-5,10-11H,6-9,16H2,1-2H3. The van der Waals surface area contributed by atoms with Gasteiger partial charge in [-0.15, -0.1) is 0 Å². The fourth-order valence-electron chi connectivity index (χ4n) is 2.03. The van der Waals surface area contributed by atoms with Gasteiger partial charge in [0.1, 0.15) is 0 Å². The SMILES string of the molecule is CC(C)N(Cc1cccc(N)c1Br)CC1CC1. The Morgan fingerprint density at radius 3 is 2.71 bits per heavy atom. The highest BCUT2D eigenvalue weighted by atomic mass is 79.9. The van der Waals surface area contributed by atoms with Gasteiger partial charge in [-0.2, -0.15) is 0 Å². The van der Waals surface area contributed by atoms with Crippen molar-refractivity contribution in [3.63, 3.8) is 0 Å². The Morgan fingerprint density at radius 2 is 2.12 bits per heavy atom. The van der Waals surface area contributed by atoms with Crippen LogP contribution in [0.25, 0.3) is 0 Å². The third kappa shape index (κ3) is 3.46. The molecule has 2 rings (SSSR count). The van der Waals surface area contributed by atoms with E-state index in [4.69, 9.17) is 5.73 Å². The average molecular weight is 297 g/mol. The van der Waals surface area contributed by atoms with Gasteiger partial charge >= 0.3 is 0 Å². The molecule has 0 unspecified atom stereocenters. The van der Waals surface area contributed by atoms with Crippen molar-refractivity contribution in [3.05, 3.63) is 28.2 Å². The van der Waals surface area contributed by atoms with Crippen LogP contribution in [0.15, 0.2) is 22.7 Å². The zero-order valence-corrected chi connectivity index (χ0v) is 12.2. The summed E-state index contributed by atoms with van der Waals surface area (Å²) in [6.45, 7) is 6.74. The molecule has 0 atom stereocenters. The molecule has 17 heavy (non-hydrogen) atoms. The van der Waals surface area contributed by atoms with Gasteiger partial charge in [-0.25, -0.2) is 0 Å². The van der Waals surface area contributed by atoms with Gasteiger partial charge in [0.25, 0.3) is 0 Å². The molecule has 1 fully saturated rings. The smallest absolute Gasteiger partial charge is 0.0461 e. The van der Waals surface area contributed by atoms with E-state index in [1.807, 2.05) is 12.1 Å². The molecule has 1 aromatic rings. The molecule has 2 nitrogen and oxygen atoms in total. The van der Waals surface area contributed by atoms with E-state index in [0.717, 1.165) is 22.6 Å². The van der Waals surface area contributed by atoms with Gasteiger partial charge in [0.15, 0.2) is 0 Å². The van der Waals surface area contributed by atoms with Crippen molar-refractivity contribution < 1.29 is 0 Å². The van der Waals surface area contributed by atoms with Crippen LogP contribution in [0, 0.1) is 5.92 Å². The first-order valence-corrected chi connectivity index (χ1v) is 7.14. The summed E-state index contributed by atoms with van der Waals surface area (Å²) in [5.41, 5.74) is 8.04. The van der Waals surface area contributed by atoms with Crippen LogP contribution in [0.3, 0.4) is 0 Å². The van der Waals surface area contributed by atoms with E-state index < -0.39 is 0 Å². The van der Waals surface area contributed by atoms with E-state index >= 15 is 0 Å². The molecule has 0 aliphatic heterocycles. The molecule has 94 valence electrons. The third-order valence-corrected chi connectivity index (χ3v) is 4.37. The van der Waals surface area contributed by atoms with Crippen LogP contribution in [0.2, 0.25) is 0 Å². The third-order valence-electron chi connectivity index (χ3n) is 3.40. The highest BCUT2D eigenvalue weighted by molar-refractivity contribution is 9.10. The highest BCUT2D eigenvalue weighted by Crippen LogP contribution is 2.32. The number of benzene rings is 1. The van der Waals surface area contributed by atoms with Gasteiger partial charge in [-0.05, 0) is 60.2 Å². The minimum Gasteiger partial charge on any atom is -0.398 e. The zero-order valence-electron chi connectivity index (χ0n) is 10.6. The molecule has 0 spiro atoms. The van der Waals surface area contributed by atoms with Crippen molar-refractivity contribution in [3.8, 4) is 0 Å². The quantitative estimate of drug-likeness (QED) is 0.841. The van der Waals surface area contributed by atoms with Crippen LogP contribution in [-0.4, -0.2) is 17.5 Å². The number of rotatable bonds is 5. The van der Waals surface area contributed by atoms with Gasteiger partial charge < -0.3 is 5.73 Å². The van der Waals surface area contributed by atoms with E-state index in [2.05, 4.69) is 40.7 Å². The maximum atomic E-state index is 5.92. The Bertz CT molecular complexity index is 386. The molecule has 1 aromatic carbocycles. The van der Waals surface area contributed by atoms with Gasteiger partial charge in [-0.3, -0.25) is 4.90 Å². The van der Waals surface area contributed by atoms with Crippen LogP contribution in [-0.2, 0) is 6.54 Å². The second-order valence-corrected chi connectivity index (χ2v) is 6.08. The summed E-state index contributed by atoms with van der Waals surface area (Å²) in [6, 6.07) is 6.71. The predicted molar refractivity (Wildman–Crippen MR) is 76.8 cm³/mol. The molecule has 0 heterocycles. The van der Waals surface area contributed by atoms with E-state index in [-0.39, 0.29) is 0 Å². The van der Waals surface area contributed by atoms with Gasteiger partial charge in [0.05, 0.1) is 0 Å². The van der Waals surface area contributed by atoms with E-state index in [1.165, 1.54) is 24.9 Å². The second-order valence-electron chi connectivity index (χ2n) is 5.29. The number of nitrogens with two attached hydrogens (primary N) is 1. The molecule has 1 saturated carbocycles. The minimum atomic E-state index is 0.587. The Kier molecular flexibility index (Phi) is 4.10. The summed E-state index contributed by atoms with van der Waals surface area (Å²) in [6.07, 6.45) is 2.81. The average Bonchev–Trinajstić information content (AvgIpc) is 3.07. The molecule has 0 radical (unpaired) electrons. The lowest BCUT2D eigenvalue weighted by molar-refractivity contribution is 0.203. The fraction of sp³-hybridized carbons (Fsp3) is 0.571. The van der Waals surface area contributed by atoms with E-state index in [1.54, 1.807) is 0 Å². The Labute approximate surface area is 112 Å². The normalized spacial score (nSPS) is 15.8. The van der Waals surface area contributed by atoms with Crippen LogP contribution in [0.4, 0.5) is 5.69 Å². The Morgan fingerprint density at radius 1 is 1.41 bits per heavy atom. The summed E-state index contributed by atoms with van der Waals surface area (Å²) in [7, 11) is 0. The number of hydrogen-bond donors (Lipinski definition) is 1. The predicted octanol–water partition coefficient (Wildman–Crippen LogP) is 3.65. The van der Waals surface area contributed by atoms with E-state index in [0.29, 0.717) is 6.04 Å². The number of nitrogens with zero attached hydrogens (tertiary/aromatic N) is 1. The largest absolute Gasteiger partial charge is 0.398 e. The van der Waals surface area contributed by atoms with Crippen LogP contribution < -0.4 is 5.73 Å². The van der Waals surface area contributed by atoms with Crippen LogP contribution >= 0.6 is 15.9 Å². The lowest BCUT2D eigenvalue weighted by Gasteiger charge is -2.27. The van der Waals surface area contributed by atoms with Crippen molar-refractivity contribution in [2.75, 3.05) is 12.3 Å². The summed E-state index contributed by atoms with van der Waals surface area (Å²) in [5.74, 6) is 0.928. The summed E-state index contributed by atoms with van der Waals surface area (Å²) in [5, 5.41) is 0. The molecule has 1 aliphatic carbocycles. The summed E-state index contributed by atoms with van der Waals surface area (Å²) < 4.78 is 1.06. The van der Waals surface area contributed by atoms with Crippen molar-refractivity contribution in [2.45, 2.75) is 39.3 Å². The summed E-state index contributed by atoms with van der Waals surface area (Å²) in [4.78, 5) is 2.54. The number of hydrogen-bond acceptors (Lipinski definition) is 2. The molecule has 3 heteroatoms. The highest BCUT2D eigenvalue weighted by Gasteiger charge is 2.25. The molecular weight excluding hydrogens is 276 g/mol. The molecule has 2 N–H and O–H groups in total. The first-order chi connectivity index (χ1) is 8.08. The topological polar surface area (TPSA) is 29.3 Å². The zero-order chi connectivity index (χ0) is 12.4. The molecule has 0 saturated heterocycles. The van der Waals surface area contributed by atoms with Crippen LogP contribution in [0.5, 0.6) is 0 Å². The first kappa shape index (κ1) is 12.9. The van der Waals surface area contributed by atoms with Gasteiger partial charge in [-0.1, -0.05) is 12.1 Å². The van der Waals surface area contributed by atoms with Gasteiger partial charge in [0, 0.05) is 29.3 Å². The number of halogens is 1. The second kappa shape index (κ2) is 5.40. The molecular formula is C14H21BrN2. The maximum absolute atomic E-state index is 5.92. The van der Waals surface area contributed by atoms with Crippen molar-refractivity contribution in [2.24, 2.45) is 5.92 Å². The molecule has 0 aromatic heterocycles. The summed E-state index contributed by atoms with van der Waals surface area (Å²) >= 11 is 3.59. The minimum absolute atomic E-state index is 0.587. The van der Waals surface area contributed by atoms with Crippen LogP contribution in [0.1, 0.15) is 32.3 Å². The Balaban J connectivity index is 2.07. The molecule has 0 bridgehead atoms.